The minimum atomic E-state index is 0.327. The maximum atomic E-state index is 5.89. The van der Waals surface area contributed by atoms with E-state index in [1.807, 2.05) is 0 Å². The Kier molecular flexibility index (Phi) is 4.61. The molecule has 1 rings (SSSR count). The molecule has 15 heavy (non-hydrogen) atoms. The Morgan fingerprint density at radius 3 is 2.60 bits per heavy atom. The number of hydrogen-bond donors (Lipinski definition) is 1. The van der Waals surface area contributed by atoms with Crippen molar-refractivity contribution in [3.63, 3.8) is 0 Å². The van der Waals surface area contributed by atoms with Crippen molar-refractivity contribution in [1.29, 1.82) is 0 Å². The van der Waals surface area contributed by atoms with Gasteiger partial charge in [-0.1, -0.05) is 43.5 Å². The normalized spacial score (nSPS) is 14.7. The highest BCUT2D eigenvalue weighted by atomic mass is 35.5. The number of anilines is 1. The van der Waals surface area contributed by atoms with Gasteiger partial charge in [0.05, 0.1) is 5.69 Å². The average molecular weight is 248 g/mol. The Hall–Kier alpha value is -0.540. The van der Waals surface area contributed by atoms with E-state index in [0.717, 1.165) is 12.1 Å². The highest BCUT2D eigenvalue weighted by molar-refractivity contribution is 6.33. The van der Waals surface area contributed by atoms with Gasteiger partial charge in [0, 0.05) is 12.1 Å². The van der Waals surface area contributed by atoms with Gasteiger partial charge < -0.3 is 5.32 Å². The summed E-state index contributed by atoms with van der Waals surface area (Å²) in [7, 11) is 0. The minimum absolute atomic E-state index is 0.327. The van der Waals surface area contributed by atoms with Crippen LogP contribution in [0, 0.1) is 5.92 Å². The van der Waals surface area contributed by atoms with E-state index >= 15 is 0 Å². The highest BCUT2D eigenvalue weighted by Crippen LogP contribution is 2.23. The summed E-state index contributed by atoms with van der Waals surface area (Å²) in [5.74, 6) is 0.563. The zero-order chi connectivity index (χ0) is 11.4. The second kappa shape index (κ2) is 5.52. The molecule has 0 amide bonds. The number of nitrogens with one attached hydrogen (secondary N) is 1. The van der Waals surface area contributed by atoms with Crippen LogP contribution in [0.4, 0.5) is 5.69 Å². The molecule has 0 saturated heterocycles. The standard InChI is InChI=1S/C10H15Cl2N3/c1-4-6(2)7(3)13-8-5-9(11)14-15-10(8)12/h5-7H,4H2,1-3H3,(H,13,14). The van der Waals surface area contributed by atoms with Crippen LogP contribution in [0.2, 0.25) is 10.3 Å². The SMILES string of the molecule is CCC(C)C(C)Nc1cc(Cl)nnc1Cl. The Balaban J connectivity index is 2.75. The van der Waals surface area contributed by atoms with E-state index < -0.39 is 0 Å². The predicted octanol–water partition coefficient (Wildman–Crippen LogP) is 3.63. The fourth-order valence-electron chi connectivity index (χ4n) is 1.20. The van der Waals surface area contributed by atoms with Crippen LogP contribution in [0.1, 0.15) is 27.2 Å². The van der Waals surface area contributed by atoms with Crippen molar-refractivity contribution in [2.45, 2.75) is 33.2 Å². The molecule has 0 aliphatic carbocycles. The van der Waals surface area contributed by atoms with Crippen molar-refractivity contribution in [3.8, 4) is 0 Å². The molecule has 3 nitrogen and oxygen atoms in total. The monoisotopic (exact) mass is 247 g/mol. The fourth-order valence-corrected chi connectivity index (χ4v) is 1.49. The molecule has 0 fully saturated rings. The van der Waals surface area contributed by atoms with Crippen LogP contribution in [-0.4, -0.2) is 16.2 Å². The quantitative estimate of drug-likeness (QED) is 0.884. The van der Waals surface area contributed by atoms with Gasteiger partial charge in [-0.3, -0.25) is 0 Å². The Bertz CT molecular complexity index is 330. The Labute approximate surface area is 100 Å². The lowest BCUT2D eigenvalue weighted by atomic mass is 10.0. The Morgan fingerprint density at radius 2 is 2.00 bits per heavy atom. The molecule has 0 radical (unpaired) electrons. The number of hydrogen-bond acceptors (Lipinski definition) is 3. The third kappa shape index (κ3) is 3.50. The summed E-state index contributed by atoms with van der Waals surface area (Å²) in [5.41, 5.74) is 0.740. The van der Waals surface area contributed by atoms with E-state index in [1.165, 1.54) is 0 Å². The van der Waals surface area contributed by atoms with Gasteiger partial charge >= 0.3 is 0 Å². The molecule has 0 bridgehead atoms. The first-order valence-electron chi connectivity index (χ1n) is 4.99. The maximum Gasteiger partial charge on any atom is 0.174 e. The minimum Gasteiger partial charge on any atom is -0.380 e. The second-order valence-corrected chi connectivity index (χ2v) is 4.44. The fraction of sp³-hybridized carbons (Fsp3) is 0.600. The van der Waals surface area contributed by atoms with Gasteiger partial charge in [0.25, 0.3) is 0 Å². The molecule has 0 aliphatic rings. The zero-order valence-electron chi connectivity index (χ0n) is 9.09. The van der Waals surface area contributed by atoms with Gasteiger partial charge in [0.15, 0.2) is 10.3 Å². The second-order valence-electron chi connectivity index (χ2n) is 3.69. The van der Waals surface area contributed by atoms with Crippen LogP contribution >= 0.6 is 23.2 Å². The van der Waals surface area contributed by atoms with Crippen LogP contribution in [-0.2, 0) is 0 Å². The molecule has 1 aromatic heterocycles. The van der Waals surface area contributed by atoms with Crippen LogP contribution in [0.25, 0.3) is 0 Å². The van der Waals surface area contributed by atoms with Crippen molar-refractivity contribution < 1.29 is 0 Å². The topological polar surface area (TPSA) is 37.8 Å². The first-order valence-corrected chi connectivity index (χ1v) is 5.75. The summed E-state index contributed by atoms with van der Waals surface area (Å²) < 4.78 is 0. The van der Waals surface area contributed by atoms with E-state index in [-0.39, 0.29) is 0 Å². The van der Waals surface area contributed by atoms with Crippen LogP contribution in [0.3, 0.4) is 0 Å². The van der Waals surface area contributed by atoms with Crippen molar-refractivity contribution >= 4 is 28.9 Å². The zero-order valence-corrected chi connectivity index (χ0v) is 10.6. The molecule has 2 unspecified atom stereocenters. The van der Waals surface area contributed by atoms with E-state index in [2.05, 4.69) is 36.3 Å². The molecule has 0 aliphatic heterocycles. The lowest BCUT2D eigenvalue weighted by molar-refractivity contribution is 0.494. The van der Waals surface area contributed by atoms with Crippen molar-refractivity contribution in [3.05, 3.63) is 16.4 Å². The molecule has 1 aromatic rings. The summed E-state index contributed by atoms with van der Waals surface area (Å²) in [6.07, 6.45) is 1.11. The van der Waals surface area contributed by atoms with Gasteiger partial charge in [-0.05, 0) is 12.8 Å². The average Bonchev–Trinajstić information content (AvgIpc) is 2.22. The molecular weight excluding hydrogens is 233 g/mol. The van der Waals surface area contributed by atoms with Gasteiger partial charge in [-0.2, -0.15) is 0 Å². The molecule has 1 N–H and O–H groups in total. The number of halogens is 2. The highest BCUT2D eigenvalue weighted by Gasteiger charge is 2.12. The third-order valence-corrected chi connectivity index (χ3v) is 3.06. The molecule has 1 heterocycles. The molecule has 2 atom stereocenters. The van der Waals surface area contributed by atoms with Crippen molar-refractivity contribution in [2.75, 3.05) is 5.32 Å². The van der Waals surface area contributed by atoms with E-state index in [0.29, 0.717) is 22.3 Å². The number of aromatic nitrogens is 2. The molecule has 0 spiro atoms. The summed E-state index contributed by atoms with van der Waals surface area (Å²) in [6.45, 7) is 6.45. The lowest BCUT2D eigenvalue weighted by Gasteiger charge is -2.21. The van der Waals surface area contributed by atoms with Crippen molar-refractivity contribution in [1.82, 2.24) is 10.2 Å². The molecule has 0 aromatic carbocycles. The third-order valence-electron chi connectivity index (χ3n) is 2.60. The molecule has 0 saturated carbocycles. The van der Waals surface area contributed by atoms with Crippen LogP contribution < -0.4 is 5.32 Å². The summed E-state index contributed by atoms with van der Waals surface area (Å²) in [4.78, 5) is 0. The first-order chi connectivity index (χ1) is 7.04. The smallest absolute Gasteiger partial charge is 0.174 e. The summed E-state index contributed by atoms with van der Waals surface area (Å²) in [6, 6.07) is 2.02. The number of rotatable bonds is 4. The molecular formula is C10H15Cl2N3. The van der Waals surface area contributed by atoms with Crippen molar-refractivity contribution in [2.24, 2.45) is 5.92 Å². The molecule has 84 valence electrons. The van der Waals surface area contributed by atoms with Gasteiger partial charge in [-0.15, -0.1) is 10.2 Å². The van der Waals surface area contributed by atoms with Crippen LogP contribution in [0.5, 0.6) is 0 Å². The number of nitrogens with zero attached hydrogens (tertiary/aromatic N) is 2. The predicted molar refractivity (Wildman–Crippen MR) is 64.6 cm³/mol. The maximum absolute atomic E-state index is 5.89. The van der Waals surface area contributed by atoms with E-state index in [9.17, 15) is 0 Å². The summed E-state index contributed by atoms with van der Waals surface area (Å²) in [5, 5.41) is 11.4. The van der Waals surface area contributed by atoms with Gasteiger partial charge in [0.1, 0.15) is 0 Å². The first kappa shape index (κ1) is 12.5. The molecule has 5 heteroatoms. The van der Waals surface area contributed by atoms with Gasteiger partial charge in [-0.25, -0.2) is 0 Å². The van der Waals surface area contributed by atoms with Crippen LogP contribution in [0.15, 0.2) is 6.07 Å². The summed E-state index contributed by atoms with van der Waals surface area (Å²) >= 11 is 11.6. The van der Waals surface area contributed by atoms with Gasteiger partial charge in [0.2, 0.25) is 0 Å². The van der Waals surface area contributed by atoms with E-state index in [1.54, 1.807) is 6.07 Å². The Morgan fingerprint density at radius 1 is 1.33 bits per heavy atom. The van der Waals surface area contributed by atoms with E-state index in [4.69, 9.17) is 23.2 Å². The largest absolute Gasteiger partial charge is 0.380 e. The lowest BCUT2D eigenvalue weighted by Crippen LogP contribution is -2.23.